The summed E-state index contributed by atoms with van der Waals surface area (Å²) in [5.41, 5.74) is 5.27. The molecule has 0 bridgehead atoms. The Morgan fingerprint density at radius 1 is 1.55 bits per heavy atom. The summed E-state index contributed by atoms with van der Waals surface area (Å²) in [6.45, 7) is 6.84. The van der Waals surface area contributed by atoms with E-state index in [4.69, 9.17) is 10.5 Å². The Balaban J connectivity index is 0.00000361. The molecule has 1 saturated heterocycles. The molecule has 6 nitrogen and oxygen atoms in total. The quantitative estimate of drug-likeness (QED) is 0.764. The topological polar surface area (TPSA) is 84.7 Å². The molecule has 0 saturated carbocycles. The minimum absolute atomic E-state index is 0. The number of nitrogens with one attached hydrogen (secondary N) is 1. The maximum atomic E-state index is 11.9. The monoisotopic (exact) mass is 307 g/mol. The lowest BCUT2D eigenvalue weighted by Gasteiger charge is -2.32. The van der Waals surface area contributed by atoms with Crippen molar-refractivity contribution in [2.45, 2.75) is 51.3 Å². The molecule has 0 aromatic heterocycles. The number of nitrogens with zero attached hydrogens (tertiary/aromatic N) is 1. The third-order valence-electron chi connectivity index (χ3n) is 3.31. The van der Waals surface area contributed by atoms with Gasteiger partial charge >= 0.3 is 0 Å². The van der Waals surface area contributed by atoms with Crippen molar-refractivity contribution < 1.29 is 14.3 Å². The molecule has 0 aromatic carbocycles. The first-order valence-electron chi connectivity index (χ1n) is 6.60. The predicted molar refractivity (Wildman–Crippen MR) is 79.7 cm³/mol. The van der Waals surface area contributed by atoms with E-state index in [2.05, 4.69) is 5.32 Å². The van der Waals surface area contributed by atoms with Crippen molar-refractivity contribution in [1.29, 1.82) is 0 Å². The Labute approximate surface area is 126 Å². The van der Waals surface area contributed by atoms with Crippen LogP contribution in [0.3, 0.4) is 0 Å². The molecule has 1 rings (SSSR count). The minimum atomic E-state index is -0.268. The van der Waals surface area contributed by atoms with Crippen molar-refractivity contribution in [2.75, 3.05) is 20.2 Å². The fourth-order valence-electron chi connectivity index (χ4n) is 2.21. The molecule has 1 fully saturated rings. The van der Waals surface area contributed by atoms with Gasteiger partial charge in [-0.3, -0.25) is 9.59 Å². The van der Waals surface area contributed by atoms with E-state index in [1.165, 1.54) is 7.11 Å². The first-order chi connectivity index (χ1) is 8.77. The molecular formula is C13H26ClN3O3. The van der Waals surface area contributed by atoms with Crippen molar-refractivity contribution in [2.24, 2.45) is 5.73 Å². The molecule has 2 atom stereocenters. The number of methoxy groups -OCH3 is 1. The second kappa shape index (κ2) is 7.81. The maximum absolute atomic E-state index is 11.9. The third-order valence-corrected chi connectivity index (χ3v) is 3.31. The molecule has 2 unspecified atom stereocenters. The van der Waals surface area contributed by atoms with Crippen LogP contribution >= 0.6 is 12.4 Å². The van der Waals surface area contributed by atoms with Crippen molar-refractivity contribution in [3.05, 3.63) is 0 Å². The Morgan fingerprint density at radius 2 is 2.15 bits per heavy atom. The zero-order chi connectivity index (χ0) is 14.6. The van der Waals surface area contributed by atoms with Gasteiger partial charge in [-0.1, -0.05) is 0 Å². The van der Waals surface area contributed by atoms with E-state index in [0.717, 1.165) is 0 Å². The standard InChI is InChI=1S/C13H25N3O3.ClH/c1-13(2,3)16-8-9(5-12(16)18)15-11(17)6-10(7-14)19-4;/h9-10H,5-8,14H2,1-4H3,(H,15,17);1H. The number of rotatable bonds is 5. The maximum Gasteiger partial charge on any atom is 0.225 e. The van der Waals surface area contributed by atoms with Crippen LogP contribution in [0.15, 0.2) is 0 Å². The highest BCUT2D eigenvalue weighted by atomic mass is 35.5. The van der Waals surface area contributed by atoms with Crippen LogP contribution in [0, 0.1) is 0 Å². The van der Waals surface area contributed by atoms with Crippen LogP contribution in [-0.4, -0.2) is 54.6 Å². The summed E-state index contributed by atoms with van der Waals surface area (Å²) in [6, 6.07) is -0.116. The van der Waals surface area contributed by atoms with Crippen molar-refractivity contribution >= 4 is 24.2 Å². The number of halogens is 1. The summed E-state index contributed by atoms with van der Waals surface area (Å²) < 4.78 is 5.07. The summed E-state index contributed by atoms with van der Waals surface area (Å²) in [5, 5.41) is 2.87. The molecule has 1 aliphatic rings. The van der Waals surface area contributed by atoms with E-state index in [1.807, 2.05) is 20.8 Å². The van der Waals surface area contributed by atoms with Gasteiger partial charge in [-0.25, -0.2) is 0 Å². The molecule has 7 heteroatoms. The summed E-state index contributed by atoms with van der Waals surface area (Å²) in [6.07, 6.45) is 0.326. The summed E-state index contributed by atoms with van der Waals surface area (Å²) >= 11 is 0. The average Bonchev–Trinajstić information content (AvgIpc) is 2.66. The van der Waals surface area contributed by atoms with E-state index >= 15 is 0 Å². The molecule has 118 valence electrons. The van der Waals surface area contributed by atoms with Gasteiger partial charge in [0.05, 0.1) is 18.6 Å². The van der Waals surface area contributed by atoms with E-state index in [-0.39, 0.29) is 48.3 Å². The molecule has 0 spiro atoms. The van der Waals surface area contributed by atoms with Gasteiger partial charge in [0.1, 0.15) is 0 Å². The molecule has 1 aliphatic heterocycles. The fraction of sp³-hybridized carbons (Fsp3) is 0.846. The number of carbonyl (C=O) groups excluding carboxylic acids is 2. The van der Waals surface area contributed by atoms with E-state index in [9.17, 15) is 9.59 Å². The van der Waals surface area contributed by atoms with Gasteiger partial charge in [-0.05, 0) is 20.8 Å². The zero-order valence-electron chi connectivity index (χ0n) is 12.6. The Bertz CT molecular complexity index is 340. The van der Waals surface area contributed by atoms with Crippen LogP contribution in [-0.2, 0) is 14.3 Å². The van der Waals surface area contributed by atoms with Crippen LogP contribution in [0.2, 0.25) is 0 Å². The van der Waals surface area contributed by atoms with Gasteiger partial charge in [-0.2, -0.15) is 0 Å². The lowest BCUT2D eigenvalue weighted by Crippen LogP contribution is -2.45. The fourth-order valence-corrected chi connectivity index (χ4v) is 2.21. The van der Waals surface area contributed by atoms with Crippen molar-refractivity contribution in [1.82, 2.24) is 10.2 Å². The second-order valence-electron chi connectivity index (χ2n) is 5.94. The highest BCUT2D eigenvalue weighted by Crippen LogP contribution is 2.21. The predicted octanol–water partition coefficient (Wildman–Crippen LogP) is 0.288. The molecule has 20 heavy (non-hydrogen) atoms. The number of likely N-dealkylation sites (tertiary alicyclic amines) is 1. The third kappa shape index (κ3) is 5.26. The van der Waals surface area contributed by atoms with Gasteiger partial charge in [0.2, 0.25) is 11.8 Å². The van der Waals surface area contributed by atoms with Crippen molar-refractivity contribution in [3.63, 3.8) is 0 Å². The molecule has 0 radical (unpaired) electrons. The van der Waals surface area contributed by atoms with Gasteiger partial charge < -0.3 is 20.7 Å². The minimum Gasteiger partial charge on any atom is -0.380 e. The average molecular weight is 308 g/mol. The first kappa shape index (κ1) is 19.1. The SMILES string of the molecule is COC(CN)CC(=O)NC1CC(=O)N(C(C)(C)C)C1.Cl. The summed E-state index contributed by atoms with van der Waals surface area (Å²) in [7, 11) is 1.53. The molecule has 1 heterocycles. The zero-order valence-corrected chi connectivity index (χ0v) is 13.5. The molecule has 0 aliphatic carbocycles. The molecule has 3 N–H and O–H groups in total. The largest absolute Gasteiger partial charge is 0.380 e. The van der Waals surface area contributed by atoms with Gasteiger partial charge in [0.25, 0.3) is 0 Å². The summed E-state index contributed by atoms with van der Waals surface area (Å²) in [5.74, 6) is -0.0363. The first-order valence-corrected chi connectivity index (χ1v) is 6.60. The lowest BCUT2D eigenvalue weighted by molar-refractivity contribution is -0.131. The number of carbonyl (C=O) groups is 2. The van der Waals surface area contributed by atoms with E-state index in [0.29, 0.717) is 19.5 Å². The molecule has 0 aromatic rings. The lowest BCUT2D eigenvalue weighted by atomic mass is 10.1. The normalized spacial score (nSPS) is 20.6. The molecule has 2 amide bonds. The summed E-state index contributed by atoms with van der Waals surface area (Å²) in [4.78, 5) is 25.5. The van der Waals surface area contributed by atoms with Gasteiger partial charge in [0.15, 0.2) is 0 Å². The van der Waals surface area contributed by atoms with Crippen molar-refractivity contribution in [3.8, 4) is 0 Å². The number of nitrogens with two attached hydrogens (primary N) is 1. The Hall–Kier alpha value is -0.850. The highest BCUT2D eigenvalue weighted by Gasteiger charge is 2.36. The van der Waals surface area contributed by atoms with Crippen LogP contribution in [0.1, 0.15) is 33.6 Å². The van der Waals surface area contributed by atoms with E-state index < -0.39 is 0 Å². The van der Waals surface area contributed by atoms with Gasteiger partial charge in [-0.15, -0.1) is 12.4 Å². The van der Waals surface area contributed by atoms with Crippen LogP contribution in [0.25, 0.3) is 0 Å². The number of hydrogen-bond acceptors (Lipinski definition) is 4. The second-order valence-corrected chi connectivity index (χ2v) is 5.94. The van der Waals surface area contributed by atoms with Crippen LogP contribution in [0.5, 0.6) is 0 Å². The van der Waals surface area contributed by atoms with E-state index in [1.54, 1.807) is 4.90 Å². The molecular weight excluding hydrogens is 282 g/mol. The highest BCUT2D eigenvalue weighted by molar-refractivity contribution is 5.85. The Kier molecular flexibility index (Phi) is 7.47. The smallest absolute Gasteiger partial charge is 0.225 e. The number of amides is 2. The van der Waals surface area contributed by atoms with Crippen LogP contribution < -0.4 is 11.1 Å². The van der Waals surface area contributed by atoms with Crippen LogP contribution in [0.4, 0.5) is 0 Å². The Morgan fingerprint density at radius 3 is 2.55 bits per heavy atom. The number of hydrogen-bond donors (Lipinski definition) is 2. The number of ether oxygens (including phenoxy) is 1. The van der Waals surface area contributed by atoms with Gasteiger partial charge in [0, 0.05) is 32.2 Å².